The van der Waals surface area contributed by atoms with Crippen molar-refractivity contribution >= 4 is 11.6 Å². The summed E-state index contributed by atoms with van der Waals surface area (Å²) in [5, 5.41) is 0. The smallest absolute Gasteiger partial charge is 0.170 e. The maximum atomic E-state index is 12.6. The lowest BCUT2D eigenvalue weighted by molar-refractivity contribution is 0.0893. The largest absolute Gasteiger partial charge is 0.497 e. The predicted octanol–water partition coefficient (Wildman–Crippen LogP) is 4.45. The van der Waals surface area contributed by atoms with Gasteiger partial charge in [0.15, 0.2) is 11.6 Å². The van der Waals surface area contributed by atoms with Crippen molar-refractivity contribution in [3.05, 3.63) is 65.2 Å². The van der Waals surface area contributed by atoms with Crippen LogP contribution in [0.15, 0.2) is 48.5 Å². The average molecular weight is 310 g/mol. The van der Waals surface area contributed by atoms with Crippen LogP contribution >= 0.6 is 0 Å². The molecule has 0 N–H and O–H groups in total. The minimum Gasteiger partial charge on any atom is -0.497 e. The Kier molecular flexibility index (Phi) is 4.99. The third kappa shape index (κ3) is 4.07. The van der Waals surface area contributed by atoms with E-state index in [1.807, 2.05) is 32.9 Å². The first-order chi connectivity index (χ1) is 10.8. The number of carbonyl (C=O) groups excluding carboxylic acids is 2. The molecular weight excluding hydrogens is 288 g/mol. The average Bonchev–Trinajstić information content (AvgIpc) is 2.54. The van der Waals surface area contributed by atoms with Gasteiger partial charge in [0, 0.05) is 11.1 Å². The second-order valence-corrected chi connectivity index (χ2v) is 6.55. The quantitative estimate of drug-likeness (QED) is 0.605. The fraction of sp³-hybridized carbons (Fsp3) is 0.300. The molecule has 0 atom stereocenters. The highest BCUT2D eigenvalue weighted by molar-refractivity contribution is 6.14. The third-order valence-electron chi connectivity index (χ3n) is 3.75. The molecule has 0 radical (unpaired) electrons. The molecule has 0 spiro atoms. The Morgan fingerprint density at radius 3 is 2.17 bits per heavy atom. The number of hydrogen-bond donors (Lipinski definition) is 0. The van der Waals surface area contributed by atoms with Crippen LogP contribution in [0.25, 0.3) is 0 Å². The molecule has 3 nitrogen and oxygen atoms in total. The number of ether oxygens (including phenoxy) is 1. The molecule has 0 aliphatic rings. The molecule has 3 heteroatoms. The number of methoxy groups -OCH3 is 1. The van der Waals surface area contributed by atoms with E-state index in [2.05, 4.69) is 0 Å². The first-order valence-electron chi connectivity index (χ1n) is 7.63. The standard InChI is InChI=1S/C20H22O3/c1-20(2,3)17-12-15(23-4)10-11-16(17)19(22)13-18(21)14-8-6-5-7-9-14/h5-12H,13H2,1-4H3. The van der Waals surface area contributed by atoms with E-state index >= 15 is 0 Å². The summed E-state index contributed by atoms with van der Waals surface area (Å²) in [5.74, 6) is 0.388. The first-order valence-corrected chi connectivity index (χ1v) is 7.63. The van der Waals surface area contributed by atoms with E-state index < -0.39 is 0 Å². The number of ketones is 2. The van der Waals surface area contributed by atoms with E-state index in [0.29, 0.717) is 16.9 Å². The van der Waals surface area contributed by atoms with Gasteiger partial charge in [-0.2, -0.15) is 0 Å². The molecule has 0 saturated carbocycles. The van der Waals surface area contributed by atoms with Gasteiger partial charge in [0.2, 0.25) is 0 Å². The Bertz CT molecular complexity index is 709. The molecule has 2 aromatic carbocycles. The van der Waals surface area contributed by atoms with Crippen molar-refractivity contribution in [1.82, 2.24) is 0 Å². The molecule has 0 saturated heterocycles. The van der Waals surface area contributed by atoms with Gasteiger partial charge >= 0.3 is 0 Å². The Labute approximate surface area is 137 Å². The zero-order valence-corrected chi connectivity index (χ0v) is 14.1. The van der Waals surface area contributed by atoms with Crippen LogP contribution in [0.1, 0.15) is 53.5 Å². The van der Waals surface area contributed by atoms with Gasteiger partial charge < -0.3 is 4.74 Å². The number of rotatable bonds is 5. The first kappa shape index (κ1) is 16.9. The lowest BCUT2D eigenvalue weighted by atomic mass is 9.81. The fourth-order valence-electron chi connectivity index (χ4n) is 2.48. The van der Waals surface area contributed by atoms with Crippen molar-refractivity contribution in [3.8, 4) is 5.75 Å². The molecule has 0 heterocycles. The maximum absolute atomic E-state index is 12.6. The van der Waals surface area contributed by atoms with Gasteiger partial charge in [-0.05, 0) is 29.2 Å². The molecule has 2 rings (SSSR count). The lowest BCUT2D eigenvalue weighted by Crippen LogP contribution is -2.18. The summed E-state index contributed by atoms with van der Waals surface area (Å²) in [5.41, 5.74) is 1.83. The minimum absolute atomic E-state index is 0.126. The molecule has 0 fully saturated rings. The van der Waals surface area contributed by atoms with Crippen LogP contribution in [0, 0.1) is 0 Å². The molecule has 0 aliphatic heterocycles. The number of Topliss-reactive ketones (excluding diaryl/α,β-unsaturated/α-hetero) is 2. The maximum Gasteiger partial charge on any atom is 0.170 e. The second-order valence-electron chi connectivity index (χ2n) is 6.55. The number of benzene rings is 2. The van der Waals surface area contributed by atoms with Crippen molar-refractivity contribution < 1.29 is 14.3 Å². The van der Waals surface area contributed by atoms with E-state index in [0.717, 1.165) is 5.56 Å². The molecule has 2 aromatic rings. The lowest BCUT2D eigenvalue weighted by Gasteiger charge is -2.23. The highest BCUT2D eigenvalue weighted by Crippen LogP contribution is 2.30. The summed E-state index contributed by atoms with van der Waals surface area (Å²) >= 11 is 0. The van der Waals surface area contributed by atoms with Crippen LogP contribution in [0.3, 0.4) is 0 Å². The number of carbonyl (C=O) groups is 2. The van der Waals surface area contributed by atoms with Gasteiger partial charge in [0.05, 0.1) is 13.5 Å². The molecular formula is C20H22O3. The molecule has 120 valence electrons. The van der Waals surface area contributed by atoms with E-state index in [1.54, 1.807) is 43.5 Å². The Hall–Kier alpha value is -2.42. The Morgan fingerprint density at radius 2 is 1.61 bits per heavy atom. The molecule has 0 bridgehead atoms. The summed E-state index contributed by atoms with van der Waals surface area (Å²) in [4.78, 5) is 24.9. The Balaban J connectivity index is 2.31. The van der Waals surface area contributed by atoms with Gasteiger partial charge in [-0.1, -0.05) is 51.1 Å². The molecule has 23 heavy (non-hydrogen) atoms. The minimum atomic E-state index is -0.213. The summed E-state index contributed by atoms with van der Waals surface area (Å²) in [7, 11) is 1.60. The van der Waals surface area contributed by atoms with E-state index in [-0.39, 0.29) is 23.4 Å². The Morgan fingerprint density at radius 1 is 0.957 bits per heavy atom. The van der Waals surface area contributed by atoms with Crippen molar-refractivity contribution in [3.63, 3.8) is 0 Å². The predicted molar refractivity (Wildman–Crippen MR) is 91.4 cm³/mol. The van der Waals surface area contributed by atoms with Crippen molar-refractivity contribution in [2.45, 2.75) is 32.6 Å². The fourth-order valence-corrected chi connectivity index (χ4v) is 2.48. The van der Waals surface area contributed by atoms with Crippen molar-refractivity contribution in [1.29, 1.82) is 0 Å². The molecule has 0 amide bonds. The molecule has 0 aliphatic carbocycles. The summed E-state index contributed by atoms with van der Waals surface area (Å²) in [6.45, 7) is 6.12. The van der Waals surface area contributed by atoms with Gasteiger partial charge in [0.25, 0.3) is 0 Å². The van der Waals surface area contributed by atoms with E-state index in [9.17, 15) is 9.59 Å². The van der Waals surface area contributed by atoms with E-state index in [1.165, 1.54) is 0 Å². The highest BCUT2D eigenvalue weighted by Gasteiger charge is 2.24. The van der Waals surface area contributed by atoms with Crippen LogP contribution in [0.4, 0.5) is 0 Å². The topological polar surface area (TPSA) is 43.4 Å². The monoisotopic (exact) mass is 310 g/mol. The van der Waals surface area contributed by atoms with Crippen molar-refractivity contribution in [2.75, 3.05) is 7.11 Å². The summed E-state index contributed by atoms with van der Waals surface area (Å²) < 4.78 is 5.26. The summed E-state index contributed by atoms with van der Waals surface area (Å²) in [6.07, 6.45) is -0.126. The van der Waals surface area contributed by atoms with Gasteiger partial charge in [-0.3, -0.25) is 9.59 Å². The zero-order chi connectivity index (χ0) is 17.0. The van der Waals surface area contributed by atoms with Gasteiger partial charge in [-0.25, -0.2) is 0 Å². The molecule has 0 unspecified atom stereocenters. The second kappa shape index (κ2) is 6.78. The van der Waals surface area contributed by atoms with Crippen molar-refractivity contribution in [2.24, 2.45) is 0 Å². The van der Waals surface area contributed by atoms with Gasteiger partial charge in [0.1, 0.15) is 5.75 Å². The highest BCUT2D eigenvalue weighted by atomic mass is 16.5. The van der Waals surface area contributed by atoms with Crippen LogP contribution in [-0.2, 0) is 5.41 Å². The van der Waals surface area contributed by atoms with Crippen LogP contribution < -0.4 is 4.74 Å². The normalized spacial score (nSPS) is 11.1. The van der Waals surface area contributed by atoms with Crippen LogP contribution in [0.2, 0.25) is 0 Å². The SMILES string of the molecule is COc1ccc(C(=O)CC(=O)c2ccccc2)c(C(C)(C)C)c1. The van der Waals surface area contributed by atoms with Gasteiger partial charge in [-0.15, -0.1) is 0 Å². The van der Waals surface area contributed by atoms with Crippen LogP contribution in [-0.4, -0.2) is 18.7 Å². The summed E-state index contributed by atoms with van der Waals surface area (Å²) in [6, 6.07) is 14.3. The zero-order valence-electron chi connectivity index (χ0n) is 14.1. The molecule has 0 aromatic heterocycles. The van der Waals surface area contributed by atoms with E-state index in [4.69, 9.17) is 4.74 Å². The number of hydrogen-bond acceptors (Lipinski definition) is 3. The van der Waals surface area contributed by atoms with Crippen LogP contribution in [0.5, 0.6) is 5.75 Å². The third-order valence-corrected chi connectivity index (χ3v) is 3.75.